The summed E-state index contributed by atoms with van der Waals surface area (Å²) in [4.78, 5) is 14.5. The second-order valence-electron chi connectivity index (χ2n) is 3.20. The topological polar surface area (TPSA) is 50.2 Å². The van der Waals surface area contributed by atoms with Crippen molar-refractivity contribution in [3.05, 3.63) is 47.3 Å². The van der Waals surface area contributed by atoms with Gasteiger partial charge >= 0.3 is 5.97 Å². The normalized spacial score (nSPS) is 11.1. The van der Waals surface area contributed by atoms with Crippen LogP contribution >= 0.6 is 11.6 Å². The number of halogens is 1. The summed E-state index contributed by atoms with van der Waals surface area (Å²) < 4.78 is 0. The molecule has 2 rings (SSSR count). The summed E-state index contributed by atoms with van der Waals surface area (Å²) in [6.45, 7) is 0. The van der Waals surface area contributed by atoms with Crippen LogP contribution < -0.4 is 0 Å². The van der Waals surface area contributed by atoms with Crippen molar-refractivity contribution in [2.45, 2.75) is 0 Å². The van der Waals surface area contributed by atoms with E-state index in [4.69, 9.17) is 16.7 Å². The van der Waals surface area contributed by atoms with Crippen molar-refractivity contribution in [3.8, 4) is 0 Å². The molecule has 0 bridgehead atoms. The third-order valence-electron chi connectivity index (χ3n) is 2.17. The first-order chi connectivity index (χ1) is 7.68. The quantitative estimate of drug-likeness (QED) is 0.812. The van der Waals surface area contributed by atoms with E-state index in [2.05, 4.69) is 4.98 Å². The maximum absolute atomic E-state index is 10.4. The zero-order valence-corrected chi connectivity index (χ0v) is 8.98. The van der Waals surface area contributed by atoms with Crippen LogP contribution in [0.4, 0.5) is 0 Å². The number of nitrogens with zero attached hydrogens (tertiary/aromatic N) is 1. The van der Waals surface area contributed by atoms with Crippen LogP contribution in [0.15, 0.2) is 36.5 Å². The van der Waals surface area contributed by atoms with Gasteiger partial charge < -0.3 is 5.11 Å². The van der Waals surface area contributed by atoms with E-state index in [-0.39, 0.29) is 0 Å². The van der Waals surface area contributed by atoms with Gasteiger partial charge in [0.1, 0.15) is 0 Å². The standard InChI is InChI=1S/C12H8ClNO2/c13-10-3-1-2-9-8(10)6-7-14-11(9)4-5-12(15)16/h1-7H,(H,15,16)/b5-4+. The van der Waals surface area contributed by atoms with Gasteiger partial charge in [0.25, 0.3) is 0 Å². The van der Waals surface area contributed by atoms with Crippen molar-refractivity contribution >= 4 is 34.4 Å². The number of hydrogen-bond donors (Lipinski definition) is 1. The maximum Gasteiger partial charge on any atom is 0.328 e. The Kier molecular flexibility index (Phi) is 2.88. The van der Waals surface area contributed by atoms with Gasteiger partial charge in [-0.15, -0.1) is 0 Å². The Hall–Kier alpha value is -1.87. The zero-order valence-electron chi connectivity index (χ0n) is 8.22. The molecular formula is C12H8ClNO2. The van der Waals surface area contributed by atoms with Crippen LogP contribution in [0.2, 0.25) is 5.02 Å². The lowest BCUT2D eigenvalue weighted by Crippen LogP contribution is -1.88. The fourth-order valence-corrected chi connectivity index (χ4v) is 1.71. The smallest absolute Gasteiger partial charge is 0.328 e. The highest BCUT2D eigenvalue weighted by Crippen LogP contribution is 2.25. The van der Waals surface area contributed by atoms with E-state index in [1.807, 2.05) is 12.1 Å². The van der Waals surface area contributed by atoms with E-state index >= 15 is 0 Å². The van der Waals surface area contributed by atoms with Gasteiger partial charge in [-0.1, -0.05) is 23.7 Å². The van der Waals surface area contributed by atoms with Crippen LogP contribution in [-0.4, -0.2) is 16.1 Å². The molecule has 0 saturated heterocycles. The molecule has 80 valence electrons. The number of carboxylic acids is 1. The van der Waals surface area contributed by atoms with Crippen LogP contribution in [0.1, 0.15) is 5.69 Å². The van der Waals surface area contributed by atoms with E-state index in [0.717, 1.165) is 16.8 Å². The molecule has 0 radical (unpaired) electrons. The van der Waals surface area contributed by atoms with Gasteiger partial charge in [0, 0.05) is 28.1 Å². The summed E-state index contributed by atoms with van der Waals surface area (Å²) in [5, 5.41) is 10.9. The summed E-state index contributed by atoms with van der Waals surface area (Å²) >= 11 is 6.02. The monoisotopic (exact) mass is 233 g/mol. The molecule has 2 aromatic rings. The fraction of sp³-hybridized carbons (Fsp3) is 0. The largest absolute Gasteiger partial charge is 0.478 e. The molecule has 0 atom stereocenters. The maximum atomic E-state index is 10.4. The Morgan fingerprint density at radius 2 is 2.12 bits per heavy atom. The zero-order chi connectivity index (χ0) is 11.5. The summed E-state index contributed by atoms with van der Waals surface area (Å²) in [5.41, 5.74) is 0.599. The lowest BCUT2D eigenvalue weighted by Gasteiger charge is -2.02. The molecule has 3 nitrogen and oxygen atoms in total. The van der Waals surface area contributed by atoms with Crippen LogP contribution in [0, 0.1) is 0 Å². The highest BCUT2D eigenvalue weighted by atomic mass is 35.5. The Labute approximate surface area is 97.0 Å². The van der Waals surface area contributed by atoms with Crippen LogP contribution in [-0.2, 0) is 4.79 Å². The fourth-order valence-electron chi connectivity index (χ4n) is 1.47. The SMILES string of the molecule is O=C(O)/C=C/c1nccc2c(Cl)cccc12. The molecular weight excluding hydrogens is 226 g/mol. The summed E-state index contributed by atoms with van der Waals surface area (Å²) in [6.07, 6.45) is 4.12. The number of fused-ring (bicyclic) bond motifs is 1. The van der Waals surface area contributed by atoms with E-state index < -0.39 is 5.97 Å². The van der Waals surface area contributed by atoms with Gasteiger partial charge in [-0.3, -0.25) is 4.98 Å². The van der Waals surface area contributed by atoms with Crippen molar-refractivity contribution in [3.63, 3.8) is 0 Å². The highest BCUT2D eigenvalue weighted by molar-refractivity contribution is 6.35. The molecule has 0 aliphatic rings. The molecule has 1 aromatic heterocycles. The summed E-state index contributed by atoms with van der Waals surface area (Å²) in [7, 11) is 0. The Morgan fingerprint density at radius 1 is 1.31 bits per heavy atom. The number of pyridine rings is 1. The predicted octanol–water partition coefficient (Wildman–Crippen LogP) is 2.99. The van der Waals surface area contributed by atoms with Gasteiger partial charge in [0.15, 0.2) is 0 Å². The molecule has 0 fully saturated rings. The third-order valence-corrected chi connectivity index (χ3v) is 2.50. The van der Waals surface area contributed by atoms with Gasteiger partial charge in [0.05, 0.1) is 5.69 Å². The van der Waals surface area contributed by atoms with E-state index in [0.29, 0.717) is 10.7 Å². The minimum absolute atomic E-state index is 0.599. The average Bonchev–Trinajstić information content (AvgIpc) is 2.27. The molecule has 0 spiro atoms. The second kappa shape index (κ2) is 4.33. The average molecular weight is 234 g/mol. The molecule has 0 aliphatic heterocycles. The Balaban J connectivity index is 2.63. The summed E-state index contributed by atoms with van der Waals surface area (Å²) in [5.74, 6) is -0.999. The molecule has 1 heterocycles. The molecule has 4 heteroatoms. The lowest BCUT2D eigenvalue weighted by molar-refractivity contribution is -0.131. The minimum Gasteiger partial charge on any atom is -0.478 e. The Bertz CT molecular complexity index is 578. The van der Waals surface area contributed by atoms with Gasteiger partial charge in [0.2, 0.25) is 0 Å². The second-order valence-corrected chi connectivity index (χ2v) is 3.61. The van der Waals surface area contributed by atoms with Gasteiger partial charge in [-0.05, 0) is 18.2 Å². The highest BCUT2D eigenvalue weighted by Gasteiger charge is 2.02. The van der Waals surface area contributed by atoms with Crippen molar-refractivity contribution in [1.29, 1.82) is 0 Å². The number of carboxylic acid groups (broad SMARTS) is 1. The number of aliphatic carboxylic acids is 1. The van der Waals surface area contributed by atoms with Crippen molar-refractivity contribution in [1.82, 2.24) is 4.98 Å². The first-order valence-electron chi connectivity index (χ1n) is 4.63. The first-order valence-corrected chi connectivity index (χ1v) is 5.00. The van der Waals surface area contributed by atoms with E-state index in [9.17, 15) is 4.79 Å². The number of rotatable bonds is 2. The minimum atomic E-state index is -0.999. The van der Waals surface area contributed by atoms with Crippen molar-refractivity contribution in [2.75, 3.05) is 0 Å². The molecule has 0 saturated carbocycles. The summed E-state index contributed by atoms with van der Waals surface area (Å²) in [6, 6.07) is 7.25. The molecule has 1 N–H and O–H groups in total. The van der Waals surface area contributed by atoms with Crippen LogP contribution in [0.3, 0.4) is 0 Å². The lowest BCUT2D eigenvalue weighted by atomic mass is 10.1. The van der Waals surface area contributed by atoms with E-state index in [1.54, 1.807) is 18.3 Å². The number of carbonyl (C=O) groups is 1. The van der Waals surface area contributed by atoms with E-state index in [1.165, 1.54) is 6.08 Å². The number of hydrogen-bond acceptors (Lipinski definition) is 2. The van der Waals surface area contributed by atoms with Gasteiger partial charge in [-0.25, -0.2) is 4.79 Å². The molecule has 0 amide bonds. The first kappa shape index (κ1) is 10.6. The third kappa shape index (κ3) is 2.04. The van der Waals surface area contributed by atoms with Crippen LogP contribution in [0.5, 0.6) is 0 Å². The van der Waals surface area contributed by atoms with Gasteiger partial charge in [-0.2, -0.15) is 0 Å². The van der Waals surface area contributed by atoms with Crippen LogP contribution in [0.25, 0.3) is 16.8 Å². The number of benzene rings is 1. The molecule has 0 aliphatic carbocycles. The number of aromatic nitrogens is 1. The Morgan fingerprint density at radius 3 is 2.88 bits per heavy atom. The van der Waals surface area contributed by atoms with Crippen molar-refractivity contribution < 1.29 is 9.90 Å². The van der Waals surface area contributed by atoms with Crippen molar-refractivity contribution in [2.24, 2.45) is 0 Å². The molecule has 1 aromatic carbocycles. The molecule has 16 heavy (non-hydrogen) atoms. The molecule has 0 unspecified atom stereocenters. The predicted molar refractivity (Wildman–Crippen MR) is 63.4 cm³/mol.